The van der Waals surface area contributed by atoms with Gasteiger partial charge < -0.3 is 65.6 Å². The Morgan fingerprint density at radius 2 is 1.21 bits per heavy atom. The van der Waals surface area contributed by atoms with Crippen molar-refractivity contribution in [2.24, 2.45) is 0 Å². The van der Waals surface area contributed by atoms with Crippen molar-refractivity contribution >= 4 is 0 Å². The fraction of sp³-hybridized carbons (Fsp3) is 0.200. The standard InChI is InChI=1S/C30H26O13/c31-12-6-17(35)23-22(7-12)42-29(11-4-19(37)26(40)20(38)5-11)27(41)25(23)24-18(36)9-15(33)13-8-21(39)28(43-30(13)24)10-1-2-14(32)16(34)3-10/h1-7,9,21,25,27-29,31-41H,8H2/t21-,25+,27+,28-,29-/m1/s1. The van der Waals surface area contributed by atoms with Crippen LogP contribution in [0.2, 0.25) is 0 Å². The molecule has 0 amide bonds. The molecule has 0 spiro atoms. The topological polar surface area (TPSA) is 241 Å². The predicted octanol–water partition coefficient (Wildman–Crippen LogP) is 2.70. The molecule has 0 aliphatic carbocycles. The first-order valence-electron chi connectivity index (χ1n) is 12.9. The van der Waals surface area contributed by atoms with Crippen molar-refractivity contribution in [3.63, 3.8) is 0 Å². The lowest BCUT2D eigenvalue weighted by atomic mass is 9.77. The zero-order valence-corrected chi connectivity index (χ0v) is 21.9. The first-order chi connectivity index (χ1) is 20.3. The number of hydrogen-bond acceptors (Lipinski definition) is 13. The van der Waals surface area contributed by atoms with Gasteiger partial charge in [0.1, 0.15) is 46.7 Å². The fourth-order valence-electron chi connectivity index (χ4n) is 5.78. The lowest BCUT2D eigenvalue weighted by Gasteiger charge is -2.40. The molecule has 224 valence electrons. The minimum atomic E-state index is -1.71. The highest BCUT2D eigenvalue weighted by Crippen LogP contribution is 2.57. The Morgan fingerprint density at radius 3 is 1.88 bits per heavy atom. The number of benzene rings is 4. The van der Waals surface area contributed by atoms with E-state index in [4.69, 9.17) is 9.47 Å². The van der Waals surface area contributed by atoms with Gasteiger partial charge in [0, 0.05) is 46.9 Å². The number of hydrogen-bond donors (Lipinski definition) is 11. The van der Waals surface area contributed by atoms with Gasteiger partial charge in [-0.05, 0) is 29.8 Å². The molecule has 2 aliphatic rings. The molecule has 2 heterocycles. The zero-order valence-electron chi connectivity index (χ0n) is 21.9. The minimum Gasteiger partial charge on any atom is -0.508 e. The van der Waals surface area contributed by atoms with E-state index in [2.05, 4.69) is 0 Å². The number of aliphatic hydroxyl groups excluding tert-OH is 2. The summed E-state index contributed by atoms with van der Waals surface area (Å²) in [6.45, 7) is 0. The summed E-state index contributed by atoms with van der Waals surface area (Å²) in [6.07, 6.45) is -5.81. The van der Waals surface area contributed by atoms with Gasteiger partial charge >= 0.3 is 0 Å². The maximum absolute atomic E-state index is 11.8. The number of phenolic OH excluding ortho intramolecular Hbond substituents is 9. The van der Waals surface area contributed by atoms with Crippen LogP contribution in [0.5, 0.6) is 63.2 Å². The number of aromatic hydroxyl groups is 9. The van der Waals surface area contributed by atoms with E-state index in [1.165, 1.54) is 18.2 Å². The van der Waals surface area contributed by atoms with Crippen LogP contribution in [0.3, 0.4) is 0 Å². The Morgan fingerprint density at radius 1 is 0.558 bits per heavy atom. The Balaban J connectivity index is 1.56. The van der Waals surface area contributed by atoms with E-state index in [1.807, 2.05) is 0 Å². The molecule has 4 aromatic carbocycles. The quantitative estimate of drug-likeness (QED) is 0.153. The minimum absolute atomic E-state index is 0.0281. The molecule has 0 aromatic heterocycles. The third-order valence-corrected chi connectivity index (χ3v) is 7.77. The average molecular weight is 595 g/mol. The maximum Gasteiger partial charge on any atom is 0.200 e. The van der Waals surface area contributed by atoms with Crippen LogP contribution in [0, 0.1) is 0 Å². The molecule has 4 aromatic rings. The molecular formula is C30H26O13. The Labute approximate surface area is 242 Å². The van der Waals surface area contributed by atoms with Crippen molar-refractivity contribution in [1.29, 1.82) is 0 Å². The number of phenols is 9. The SMILES string of the molecule is Oc1cc(O)c2c(c1)O[C@H](c1cc(O)c(O)c(O)c1)[C@@H](O)[C@@H]2c1c(O)cc(O)c2c1O[C@H](c1ccc(O)c(O)c1)[C@H](O)C2. The van der Waals surface area contributed by atoms with Crippen LogP contribution in [0.4, 0.5) is 0 Å². The summed E-state index contributed by atoms with van der Waals surface area (Å²) >= 11 is 0. The van der Waals surface area contributed by atoms with E-state index in [9.17, 15) is 56.2 Å². The Bertz CT molecular complexity index is 1750. The summed E-state index contributed by atoms with van der Waals surface area (Å²) in [5.41, 5.74) is 0.0126. The maximum atomic E-state index is 11.8. The largest absolute Gasteiger partial charge is 0.508 e. The molecule has 43 heavy (non-hydrogen) atoms. The van der Waals surface area contributed by atoms with E-state index in [0.717, 1.165) is 30.3 Å². The van der Waals surface area contributed by atoms with E-state index < -0.39 is 82.1 Å². The van der Waals surface area contributed by atoms with Gasteiger partial charge in [0.05, 0.1) is 12.0 Å². The molecule has 5 atom stereocenters. The summed E-state index contributed by atoms with van der Waals surface area (Å²) in [7, 11) is 0. The van der Waals surface area contributed by atoms with Gasteiger partial charge in [0.25, 0.3) is 0 Å². The van der Waals surface area contributed by atoms with Crippen LogP contribution < -0.4 is 9.47 Å². The molecule has 0 saturated carbocycles. The lowest BCUT2D eigenvalue weighted by molar-refractivity contribution is 0.00108. The summed E-state index contributed by atoms with van der Waals surface area (Å²) in [4.78, 5) is 0. The van der Waals surface area contributed by atoms with Crippen LogP contribution in [0.15, 0.2) is 48.5 Å². The van der Waals surface area contributed by atoms with E-state index in [-0.39, 0.29) is 45.7 Å². The van der Waals surface area contributed by atoms with Gasteiger partial charge in [-0.25, -0.2) is 0 Å². The third-order valence-electron chi connectivity index (χ3n) is 7.77. The van der Waals surface area contributed by atoms with Crippen molar-refractivity contribution < 1.29 is 65.6 Å². The van der Waals surface area contributed by atoms with Crippen molar-refractivity contribution in [3.8, 4) is 63.2 Å². The summed E-state index contributed by atoms with van der Waals surface area (Å²) in [6, 6.07) is 8.90. The van der Waals surface area contributed by atoms with Crippen LogP contribution in [-0.2, 0) is 6.42 Å². The first kappa shape index (κ1) is 27.8. The Hall–Kier alpha value is -5.40. The smallest absolute Gasteiger partial charge is 0.200 e. The molecule has 13 nitrogen and oxygen atoms in total. The summed E-state index contributed by atoms with van der Waals surface area (Å²) in [5, 5.41) is 116. The van der Waals surface area contributed by atoms with Gasteiger partial charge in [0.15, 0.2) is 34.9 Å². The zero-order chi connectivity index (χ0) is 30.9. The van der Waals surface area contributed by atoms with Crippen LogP contribution >= 0.6 is 0 Å². The molecular weight excluding hydrogens is 568 g/mol. The van der Waals surface area contributed by atoms with Crippen molar-refractivity contribution in [2.75, 3.05) is 0 Å². The van der Waals surface area contributed by atoms with E-state index in [1.54, 1.807) is 0 Å². The fourth-order valence-corrected chi connectivity index (χ4v) is 5.78. The monoisotopic (exact) mass is 594 g/mol. The van der Waals surface area contributed by atoms with Crippen molar-refractivity contribution in [2.45, 2.75) is 36.8 Å². The number of rotatable bonds is 3. The lowest BCUT2D eigenvalue weighted by Crippen LogP contribution is -2.36. The molecule has 0 saturated heterocycles. The second-order valence-corrected chi connectivity index (χ2v) is 10.5. The first-order valence-corrected chi connectivity index (χ1v) is 12.9. The number of aliphatic hydroxyl groups is 2. The molecule has 2 aliphatic heterocycles. The summed E-state index contributed by atoms with van der Waals surface area (Å²) < 4.78 is 12.0. The number of fused-ring (bicyclic) bond motifs is 2. The van der Waals surface area contributed by atoms with E-state index >= 15 is 0 Å². The molecule has 0 radical (unpaired) electrons. The predicted molar refractivity (Wildman–Crippen MR) is 145 cm³/mol. The normalized spacial score (nSPS) is 22.6. The van der Waals surface area contributed by atoms with Crippen LogP contribution in [0.1, 0.15) is 45.9 Å². The van der Waals surface area contributed by atoms with Gasteiger partial charge in [-0.2, -0.15) is 0 Å². The summed E-state index contributed by atoms with van der Waals surface area (Å²) in [5.74, 6) is -6.87. The van der Waals surface area contributed by atoms with Gasteiger partial charge in [0.2, 0.25) is 0 Å². The third kappa shape index (κ3) is 4.42. The highest BCUT2D eigenvalue weighted by atomic mass is 16.5. The van der Waals surface area contributed by atoms with Gasteiger partial charge in [-0.15, -0.1) is 0 Å². The molecule has 0 unspecified atom stereocenters. The molecule has 13 heteroatoms. The molecule has 6 rings (SSSR count). The highest BCUT2D eigenvalue weighted by molar-refractivity contribution is 5.66. The van der Waals surface area contributed by atoms with Gasteiger partial charge in [-0.1, -0.05) is 6.07 Å². The molecule has 0 bridgehead atoms. The van der Waals surface area contributed by atoms with Crippen LogP contribution in [-0.4, -0.2) is 68.4 Å². The molecule has 11 N–H and O–H groups in total. The van der Waals surface area contributed by atoms with Crippen molar-refractivity contribution in [1.82, 2.24) is 0 Å². The molecule has 0 fully saturated rings. The van der Waals surface area contributed by atoms with Gasteiger partial charge in [-0.3, -0.25) is 0 Å². The second kappa shape index (κ2) is 9.86. The highest BCUT2D eigenvalue weighted by Gasteiger charge is 2.46. The second-order valence-electron chi connectivity index (χ2n) is 10.5. The average Bonchev–Trinajstić information content (AvgIpc) is 2.94. The van der Waals surface area contributed by atoms with Crippen LogP contribution in [0.25, 0.3) is 0 Å². The Kier molecular flexibility index (Phi) is 6.36. The number of ether oxygens (including phenoxy) is 2. The van der Waals surface area contributed by atoms with E-state index in [0.29, 0.717) is 0 Å². The van der Waals surface area contributed by atoms with Crippen molar-refractivity contribution in [3.05, 3.63) is 76.3 Å².